The molecule has 0 bridgehead atoms. The number of benzene rings is 2. The normalized spacial score (nSPS) is 15.5. The van der Waals surface area contributed by atoms with E-state index in [0.29, 0.717) is 23.9 Å². The van der Waals surface area contributed by atoms with Crippen molar-refractivity contribution in [2.45, 2.75) is 70.1 Å². The first-order chi connectivity index (χ1) is 18.2. The number of ketones is 1. The van der Waals surface area contributed by atoms with Gasteiger partial charge in [-0.3, -0.25) is 20.0 Å². The molecule has 1 heterocycles. The van der Waals surface area contributed by atoms with Crippen LogP contribution in [0.5, 0.6) is 0 Å². The number of amides is 1. The fourth-order valence-electron chi connectivity index (χ4n) is 4.80. The standard InChI is InChI=1S/C28H34N4O5S/c1-21(31-38(35,36)22-11-4-3-5-12-22)30-32(26(34)16-19-28(2)17-8-9-18-28)20-10-14-24(33)27-29-23-13-6-7-15-25(23)37-27/h3-7,11-13,15H,8-10,14,16-20H2,1-2H3,(H,30,31). The Morgan fingerprint density at radius 2 is 1.74 bits per heavy atom. The summed E-state index contributed by atoms with van der Waals surface area (Å²) in [6.45, 7) is 3.91. The fraction of sp³-hybridized carbons (Fsp3) is 0.429. The number of oxazole rings is 1. The molecule has 0 aliphatic heterocycles. The van der Waals surface area contributed by atoms with Crippen LogP contribution in [0.4, 0.5) is 0 Å². The molecule has 1 aromatic heterocycles. The van der Waals surface area contributed by atoms with Crippen molar-refractivity contribution in [1.82, 2.24) is 15.4 Å². The third-order valence-electron chi connectivity index (χ3n) is 6.97. The molecule has 3 aromatic rings. The molecular formula is C28H34N4O5S. The van der Waals surface area contributed by atoms with Crippen molar-refractivity contribution in [2.24, 2.45) is 9.81 Å². The Labute approximate surface area is 223 Å². The summed E-state index contributed by atoms with van der Waals surface area (Å²) in [4.78, 5) is 30.2. The Balaban J connectivity index is 1.42. The highest BCUT2D eigenvalue weighted by molar-refractivity contribution is 7.90. The molecule has 1 aliphatic rings. The Morgan fingerprint density at radius 1 is 1.05 bits per heavy atom. The number of nitrogens with zero attached hydrogens (tertiary/aromatic N) is 3. The van der Waals surface area contributed by atoms with E-state index in [1.54, 1.807) is 30.3 Å². The molecule has 1 fully saturated rings. The Morgan fingerprint density at radius 3 is 2.45 bits per heavy atom. The molecule has 4 rings (SSSR count). The lowest BCUT2D eigenvalue weighted by atomic mass is 9.84. The van der Waals surface area contributed by atoms with Gasteiger partial charge in [0, 0.05) is 19.4 Å². The third-order valence-corrected chi connectivity index (χ3v) is 8.35. The summed E-state index contributed by atoms with van der Waals surface area (Å²) in [7, 11) is -3.94. The number of carbonyl (C=O) groups is 2. The van der Waals surface area contributed by atoms with Crippen LogP contribution in [0.2, 0.25) is 0 Å². The van der Waals surface area contributed by atoms with Crippen molar-refractivity contribution in [2.75, 3.05) is 6.54 Å². The van der Waals surface area contributed by atoms with Crippen molar-refractivity contribution in [1.29, 1.82) is 0 Å². The van der Waals surface area contributed by atoms with Crippen molar-refractivity contribution in [3.05, 3.63) is 60.5 Å². The number of sulfonamides is 1. The third kappa shape index (κ3) is 7.06. The summed E-state index contributed by atoms with van der Waals surface area (Å²) in [5.74, 6) is -0.319. The number of para-hydroxylation sites is 2. The Kier molecular flexibility index (Phi) is 8.61. The van der Waals surface area contributed by atoms with E-state index in [-0.39, 0.29) is 46.7 Å². The van der Waals surface area contributed by atoms with Gasteiger partial charge in [0.2, 0.25) is 11.7 Å². The van der Waals surface area contributed by atoms with E-state index in [4.69, 9.17) is 4.42 Å². The second kappa shape index (κ2) is 11.9. The van der Waals surface area contributed by atoms with Crippen molar-refractivity contribution in [3.63, 3.8) is 0 Å². The molecule has 10 heteroatoms. The van der Waals surface area contributed by atoms with Crippen molar-refractivity contribution in [3.8, 4) is 0 Å². The van der Waals surface area contributed by atoms with Crippen molar-refractivity contribution >= 4 is 38.6 Å². The first-order valence-corrected chi connectivity index (χ1v) is 14.4. The lowest BCUT2D eigenvalue weighted by Gasteiger charge is -2.27. The molecule has 1 amide bonds. The van der Waals surface area contributed by atoms with E-state index < -0.39 is 10.0 Å². The van der Waals surface area contributed by atoms with Crippen LogP contribution in [-0.2, 0) is 14.8 Å². The number of fused-ring (bicyclic) bond motifs is 1. The first-order valence-electron chi connectivity index (χ1n) is 13.0. The van der Waals surface area contributed by atoms with Gasteiger partial charge in [0.15, 0.2) is 5.58 Å². The van der Waals surface area contributed by atoms with Gasteiger partial charge in [0.05, 0.1) is 4.90 Å². The summed E-state index contributed by atoms with van der Waals surface area (Å²) in [6, 6.07) is 15.1. The molecule has 0 unspecified atom stereocenters. The molecule has 0 atom stereocenters. The highest BCUT2D eigenvalue weighted by Crippen LogP contribution is 2.41. The van der Waals surface area contributed by atoms with Gasteiger partial charge in [-0.1, -0.05) is 50.1 Å². The average Bonchev–Trinajstić information content (AvgIpc) is 3.53. The molecule has 202 valence electrons. The quantitative estimate of drug-likeness (QED) is 0.161. The zero-order valence-corrected chi connectivity index (χ0v) is 22.7. The molecule has 0 saturated heterocycles. The minimum Gasteiger partial charge on any atom is -0.434 e. The Hall–Kier alpha value is -3.53. The summed E-state index contributed by atoms with van der Waals surface area (Å²) >= 11 is 0. The largest absolute Gasteiger partial charge is 0.434 e. The predicted molar refractivity (Wildman–Crippen MR) is 145 cm³/mol. The molecule has 1 saturated carbocycles. The summed E-state index contributed by atoms with van der Waals surface area (Å²) in [6.07, 6.45) is 6.08. The molecule has 2 aromatic carbocycles. The van der Waals surface area contributed by atoms with Gasteiger partial charge in [0.25, 0.3) is 15.9 Å². The van der Waals surface area contributed by atoms with Gasteiger partial charge >= 0.3 is 0 Å². The highest BCUT2D eigenvalue weighted by Gasteiger charge is 2.30. The SMILES string of the molecule is CC(=NS(=O)(=O)c1ccccc1)NN(CCCC(=O)c1nc2ccccc2o1)C(=O)CCC1(C)CCCC1. The van der Waals surface area contributed by atoms with Crippen LogP contribution in [0, 0.1) is 5.41 Å². The van der Waals surface area contributed by atoms with Crippen LogP contribution in [-0.4, -0.2) is 42.5 Å². The first kappa shape index (κ1) is 27.5. The average molecular weight is 539 g/mol. The van der Waals surface area contributed by atoms with E-state index in [1.165, 1.54) is 36.9 Å². The van der Waals surface area contributed by atoms with Crippen LogP contribution in [0.25, 0.3) is 11.1 Å². The van der Waals surface area contributed by atoms with Crippen molar-refractivity contribution < 1.29 is 22.4 Å². The van der Waals surface area contributed by atoms with Crippen LogP contribution in [0.3, 0.4) is 0 Å². The van der Waals surface area contributed by atoms with Crippen LogP contribution in [0.1, 0.15) is 75.9 Å². The van der Waals surface area contributed by atoms with Crippen LogP contribution in [0.15, 0.2) is 68.3 Å². The summed E-state index contributed by atoms with van der Waals surface area (Å²) in [5.41, 5.74) is 4.17. The molecule has 0 spiro atoms. The maximum atomic E-state index is 13.2. The van der Waals surface area contributed by atoms with Gasteiger partial charge in [0.1, 0.15) is 11.4 Å². The van der Waals surface area contributed by atoms with E-state index in [9.17, 15) is 18.0 Å². The second-order valence-corrected chi connectivity index (χ2v) is 11.8. The van der Waals surface area contributed by atoms with Crippen LogP contribution < -0.4 is 5.43 Å². The van der Waals surface area contributed by atoms with Crippen LogP contribution >= 0.6 is 0 Å². The number of rotatable bonds is 10. The molecule has 1 aliphatic carbocycles. The zero-order valence-electron chi connectivity index (χ0n) is 21.9. The molecular weight excluding hydrogens is 504 g/mol. The molecule has 9 nitrogen and oxygen atoms in total. The lowest BCUT2D eigenvalue weighted by molar-refractivity contribution is -0.133. The molecule has 1 N–H and O–H groups in total. The van der Waals surface area contributed by atoms with Gasteiger partial charge in [-0.2, -0.15) is 8.42 Å². The van der Waals surface area contributed by atoms with Gasteiger partial charge in [-0.25, -0.2) is 4.98 Å². The minimum atomic E-state index is -3.94. The number of hydrogen-bond donors (Lipinski definition) is 1. The second-order valence-electron chi connectivity index (χ2n) is 10.2. The monoisotopic (exact) mass is 538 g/mol. The number of hydrogen-bond acceptors (Lipinski definition) is 6. The number of nitrogens with one attached hydrogen (secondary N) is 1. The van der Waals surface area contributed by atoms with Gasteiger partial charge in [-0.05, 0) is 62.3 Å². The predicted octanol–water partition coefficient (Wildman–Crippen LogP) is 5.29. The smallest absolute Gasteiger partial charge is 0.283 e. The number of carbonyl (C=O) groups excluding carboxylic acids is 2. The van der Waals surface area contributed by atoms with E-state index >= 15 is 0 Å². The number of aromatic nitrogens is 1. The maximum Gasteiger partial charge on any atom is 0.283 e. The number of Topliss-reactive ketones (excluding diaryl/α,β-unsaturated/α-hetero) is 1. The topological polar surface area (TPSA) is 122 Å². The fourth-order valence-corrected chi connectivity index (χ4v) is 5.81. The number of hydrazine groups is 1. The van der Waals surface area contributed by atoms with E-state index in [0.717, 1.165) is 19.3 Å². The molecule has 0 radical (unpaired) electrons. The van der Waals surface area contributed by atoms with E-state index in [2.05, 4.69) is 21.7 Å². The molecule has 38 heavy (non-hydrogen) atoms. The van der Waals surface area contributed by atoms with Gasteiger partial charge in [-0.15, -0.1) is 4.40 Å². The maximum absolute atomic E-state index is 13.2. The summed E-state index contributed by atoms with van der Waals surface area (Å²) in [5, 5.41) is 1.37. The van der Waals surface area contributed by atoms with E-state index in [1.807, 2.05) is 12.1 Å². The number of amidine groups is 1. The minimum absolute atomic E-state index is 0.0397. The summed E-state index contributed by atoms with van der Waals surface area (Å²) < 4.78 is 34.8. The van der Waals surface area contributed by atoms with Gasteiger partial charge < -0.3 is 4.42 Å². The zero-order chi connectivity index (χ0) is 27.2. The Bertz CT molecular complexity index is 1380. The lowest BCUT2D eigenvalue weighted by Crippen LogP contribution is -2.46. The highest BCUT2D eigenvalue weighted by atomic mass is 32.2.